The minimum absolute atomic E-state index is 0.489. The van der Waals surface area contributed by atoms with Gasteiger partial charge in [-0.1, -0.05) is 18.2 Å². The summed E-state index contributed by atoms with van der Waals surface area (Å²) in [6.45, 7) is 6.16. The molecule has 0 aliphatic carbocycles. The molecule has 0 unspecified atom stereocenters. The molecule has 4 rings (SSSR count). The number of hydrogen-bond donors (Lipinski definition) is 1. The average molecular weight is 342 g/mol. The molecule has 1 aromatic carbocycles. The van der Waals surface area contributed by atoms with Crippen molar-refractivity contribution in [3.8, 4) is 0 Å². The monoisotopic (exact) mass is 342 g/mol. The van der Waals surface area contributed by atoms with Gasteiger partial charge in [0.25, 0.3) is 0 Å². The average Bonchev–Trinajstić information content (AvgIpc) is 2.60. The quantitative estimate of drug-likeness (QED) is 0.558. The number of nitrogen functional groups attached to an aromatic ring is 1. The Kier molecular flexibility index (Phi) is 4.03. The topological polar surface area (TPSA) is 64.7 Å². The third-order valence-corrected chi connectivity index (χ3v) is 4.89. The van der Waals surface area contributed by atoms with E-state index in [9.17, 15) is 0 Å². The molecule has 0 atom stereocenters. The number of hydrogen-bond acceptors (Lipinski definition) is 4. The molecular weight excluding hydrogens is 320 g/mol. The molecule has 0 fully saturated rings. The van der Waals surface area contributed by atoms with Gasteiger partial charge in [-0.25, -0.2) is 4.98 Å². The van der Waals surface area contributed by atoms with Gasteiger partial charge < -0.3 is 5.73 Å². The molecule has 4 nitrogen and oxygen atoms in total. The summed E-state index contributed by atoms with van der Waals surface area (Å²) < 4.78 is 0. The van der Waals surface area contributed by atoms with Gasteiger partial charge in [-0.15, -0.1) is 0 Å². The van der Waals surface area contributed by atoms with Gasteiger partial charge in [-0.2, -0.15) is 0 Å². The van der Waals surface area contributed by atoms with Crippen LogP contribution in [0.2, 0.25) is 0 Å². The number of aromatic nitrogens is 3. The van der Waals surface area contributed by atoms with Crippen molar-refractivity contribution in [1.82, 2.24) is 15.0 Å². The normalized spacial score (nSPS) is 11.3. The number of anilines is 1. The summed E-state index contributed by atoms with van der Waals surface area (Å²) in [6, 6.07) is 12.7. The van der Waals surface area contributed by atoms with Crippen LogP contribution in [0.1, 0.15) is 28.1 Å². The van der Waals surface area contributed by atoms with Crippen LogP contribution < -0.4 is 5.73 Å². The Morgan fingerprint density at radius 3 is 2.54 bits per heavy atom. The molecule has 130 valence electrons. The number of fused-ring (bicyclic) bond motifs is 3. The highest BCUT2D eigenvalue weighted by Crippen LogP contribution is 2.28. The first-order valence-electron chi connectivity index (χ1n) is 8.89. The maximum Gasteiger partial charge on any atom is 0.150 e. The molecule has 4 aromatic rings. The Morgan fingerprint density at radius 1 is 0.885 bits per heavy atom. The molecule has 0 amide bonds. The minimum Gasteiger partial charge on any atom is -0.382 e. The van der Waals surface area contributed by atoms with Crippen molar-refractivity contribution >= 4 is 27.6 Å². The zero-order valence-electron chi connectivity index (χ0n) is 15.4. The third-order valence-electron chi connectivity index (χ3n) is 4.89. The smallest absolute Gasteiger partial charge is 0.150 e. The maximum atomic E-state index is 6.14. The van der Waals surface area contributed by atoms with Gasteiger partial charge >= 0.3 is 0 Å². The third kappa shape index (κ3) is 2.99. The first-order chi connectivity index (χ1) is 12.5. The Bertz CT molecular complexity index is 1130. The molecule has 26 heavy (non-hydrogen) atoms. The first kappa shape index (κ1) is 16.5. The Labute approximate surface area is 153 Å². The summed E-state index contributed by atoms with van der Waals surface area (Å²) in [5, 5.41) is 2.17. The zero-order valence-corrected chi connectivity index (χ0v) is 15.4. The molecule has 0 spiro atoms. The van der Waals surface area contributed by atoms with Crippen LogP contribution in [0.3, 0.4) is 0 Å². The summed E-state index contributed by atoms with van der Waals surface area (Å²) in [5.41, 5.74) is 13.7. The van der Waals surface area contributed by atoms with Gasteiger partial charge in [0.2, 0.25) is 0 Å². The van der Waals surface area contributed by atoms with Crippen LogP contribution in [0, 0.1) is 20.8 Å². The Hall–Kier alpha value is -3.01. The molecule has 0 aliphatic heterocycles. The van der Waals surface area contributed by atoms with Gasteiger partial charge in [0.1, 0.15) is 5.52 Å². The van der Waals surface area contributed by atoms with E-state index >= 15 is 0 Å². The maximum absolute atomic E-state index is 6.14. The molecule has 0 bridgehead atoms. The van der Waals surface area contributed by atoms with E-state index in [2.05, 4.69) is 65.2 Å². The van der Waals surface area contributed by atoms with Crippen LogP contribution in [0.5, 0.6) is 0 Å². The molecule has 3 aromatic heterocycles. The van der Waals surface area contributed by atoms with Crippen molar-refractivity contribution in [2.75, 3.05) is 5.73 Å². The van der Waals surface area contributed by atoms with E-state index in [-0.39, 0.29) is 0 Å². The van der Waals surface area contributed by atoms with Crippen LogP contribution in [0.15, 0.2) is 42.6 Å². The van der Waals surface area contributed by atoms with Crippen molar-refractivity contribution < 1.29 is 0 Å². The fraction of sp³-hybridized carbons (Fsp3) is 0.227. The lowest BCUT2D eigenvalue weighted by atomic mass is 10.0. The molecule has 0 saturated heterocycles. The van der Waals surface area contributed by atoms with Gasteiger partial charge in [0, 0.05) is 28.4 Å². The molecular formula is C22H22N4. The lowest BCUT2D eigenvalue weighted by Gasteiger charge is -2.10. The largest absolute Gasteiger partial charge is 0.382 e. The molecule has 4 heteroatoms. The minimum atomic E-state index is 0.489. The van der Waals surface area contributed by atoms with Crippen LogP contribution in [0.25, 0.3) is 21.8 Å². The lowest BCUT2D eigenvalue weighted by Crippen LogP contribution is -2.00. The molecule has 2 N–H and O–H groups in total. The van der Waals surface area contributed by atoms with E-state index in [1.807, 2.05) is 13.1 Å². The van der Waals surface area contributed by atoms with E-state index in [0.29, 0.717) is 5.82 Å². The number of benzene rings is 1. The SMILES string of the molecule is Cc1ccc2c(c1)nc(N)c1ncc(CCc3ccc(C)nc3C)cc12. The summed E-state index contributed by atoms with van der Waals surface area (Å²) in [4.78, 5) is 13.7. The number of pyridine rings is 3. The molecule has 0 radical (unpaired) electrons. The van der Waals surface area contributed by atoms with Crippen LogP contribution >= 0.6 is 0 Å². The van der Waals surface area contributed by atoms with Gasteiger partial charge in [0.05, 0.1) is 5.52 Å². The van der Waals surface area contributed by atoms with Gasteiger partial charge in [-0.3, -0.25) is 9.97 Å². The Balaban J connectivity index is 1.73. The van der Waals surface area contributed by atoms with E-state index in [1.165, 1.54) is 16.7 Å². The van der Waals surface area contributed by atoms with E-state index < -0.39 is 0 Å². The molecule has 3 heterocycles. The van der Waals surface area contributed by atoms with E-state index in [4.69, 9.17) is 5.73 Å². The highest BCUT2D eigenvalue weighted by molar-refractivity contribution is 6.08. The summed E-state index contributed by atoms with van der Waals surface area (Å²) in [5.74, 6) is 0.489. The lowest BCUT2D eigenvalue weighted by molar-refractivity contribution is 0.920. The fourth-order valence-corrected chi connectivity index (χ4v) is 3.46. The number of nitrogens with zero attached hydrogens (tertiary/aromatic N) is 3. The second-order valence-electron chi connectivity index (χ2n) is 6.95. The van der Waals surface area contributed by atoms with Crippen LogP contribution in [-0.2, 0) is 12.8 Å². The fourth-order valence-electron chi connectivity index (χ4n) is 3.46. The van der Waals surface area contributed by atoms with Gasteiger partial charge in [-0.05, 0) is 68.5 Å². The second kappa shape index (κ2) is 6.37. The van der Waals surface area contributed by atoms with Crippen molar-refractivity contribution in [3.63, 3.8) is 0 Å². The van der Waals surface area contributed by atoms with Crippen LogP contribution in [-0.4, -0.2) is 15.0 Å². The highest BCUT2D eigenvalue weighted by Gasteiger charge is 2.09. The van der Waals surface area contributed by atoms with Gasteiger partial charge in [0.15, 0.2) is 5.82 Å². The number of aryl methyl sites for hydroxylation is 5. The van der Waals surface area contributed by atoms with Crippen LogP contribution in [0.4, 0.5) is 5.82 Å². The summed E-state index contributed by atoms with van der Waals surface area (Å²) in [6.07, 6.45) is 3.78. The molecule has 0 aliphatic rings. The summed E-state index contributed by atoms with van der Waals surface area (Å²) in [7, 11) is 0. The number of rotatable bonds is 3. The van der Waals surface area contributed by atoms with Crippen molar-refractivity contribution in [3.05, 3.63) is 70.7 Å². The number of nitrogens with two attached hydrogens (primary N) is 1. The predicted molar refractivity (Wildman–Crippen MR) is 107 cm³/mol. The predicted octanol–water partition coefficient (Wildman–Crippen LogP) is 4.47. The van der Waals surface area contributed by atoms with E-state index in [0.717, 1.165) is 46.0 Å². The standard InChI is InChI=1S/C22H22N4/c1-13-4-9-18-19-11-16(6-8-17-7-5-14(2)25-15(17)3)12-24-21(19)22(23)26-20(18)10-13/h4-5,7,9-12H,6,8H2,1-3H3,(H2,23,26). The first-order valence-corrected chi connectivity index (χ1v) is 8.89. The van der Waals surface area contributed by atoms with E-state index in [1.54, 1.807) is 0 Å². The molecule has 0 saturated carbocycles. The summed E-state index contributed by atoms with van der Waals surface area (Å²) >= 11 is 0. The van der Waals surface area contributed by atoms with Crippen molar-refractivity contribution in [2.45, 2.75) is 33.6 Å². The van der Waals surface area contributed by atoms with Crippen molar-refractivity contribution in [1.29, 1.82) is 0 Å². The second-order valence-corrected chi connectivity index (χ2v) is 6.95. The Morgan fingerprint density at radius 2 is 1.73 bits per heavy atom. The zero-order chi connectivity index (χ0) is 18.3. The highest BCUT2D eigenvalue weighted by atomic mass is 14.9. The van der Waals surface area contributed by atoms with Crippen molar-refractivity contribution in [2.24, 2.45) is 0 Å².